The van der Waals surface area contributed by atoms with Crippen LogP contribution in [0.4, 0.5) is 0 Å². The van der Waals surface area contributed by atoms with Crippen molar-refractivity contribution in [1.82, 2.24) is 9.80 Å². The van der Waals surface area contributed by atoms with Crippen LogP contribution in [0, 0.1) is 0 Å². The van der Waals surface area contributed by atoms with Gasteiger partial charge in [-0.2, -0.15) is 0 Å². The van der Waals surface area contributed by atoms with Crippen LogP contribution in [-0.2, 0) is 0 Å². The van der Waals surface area contributed by atoms with Crippen LogP contribution < -0.4 is 9.47 Å². The lowest BCUT2D eigenvalue weighted by Crippen LogP contribution is -2.47. The number of likely N-dealkylation sites (N-methyl/N-ethyl adjacent to an activating group) is 1. The average molecular weight is 297 g/mol. The molecular weight excluding hydrogens is 280 g/mol. The number of hydrogen-bond donors (Lipinski definition) is 0. The summed E-state index contributed by atoms with van der Waals surface area (Å²) in [6, 6.07) is 3.41. The quantitative estimate of drug-likeness (QED) is 0.788. The smallest absolute Gasteiger partial charge is 0.257 e. The standard InChI is InChI=1S/C14H17ClN2O3/c1-16-4-6-17(7-5-16)14(18)10-2-3-11(15)13-12(10)19-8-9-20-13/h2-3H,4-9H2,1H3. The molecule has 6 heteroatoms. The lowest BCUT2D eigenvalue weighted by molar-refractivity contribution is 0.0654. The fourth-order valence-corrected chi connectivity index (χ4v) is 2.66. The van der Waals surface area contributed by atoms with Crippen molar-refractivity contribution in [1.29, 1.82) is 0 Å². The van der Waals surface area contributed by atoms with Gasteiger partial charge in [0, 0.05) is 26.2 Å². The summed E-state index contributed by atoms with van der Waals surface area (Å²) in [4.78, 5) is 16.7. The van der Waals surface area contributed by atoms with Crippen LogP contribution in [0.3, 0.4) is 0 Å². The molecule has 1 fully saturated rings. The van der Waals surface area contributed by atoms with Crippen molar-refractivity contribution < 1.29 is 14.3 Å². The molecule has 0 N–H and O–H groups in total. The van der Waals surface area contributed by atoms with Crippen molar-refractivity contribution in [3.63, 3.8) is 0 Å². The van der Waals surface area contributed by atoms with Gasteiger partial charge >= 0.3 is 0 Å². The topological polar surface area (TPSA) is 42.0 Å². The molecule has 2 aliphatic rings. The number of hydrogen-bond acceptors (Lipinski definition) is 4. The molecule has 0 unspecified atom stereocenters. The third-order valence-electron chi connectivity index (χ3n) is 3.66. The number of fused-ring (bicyclic) bond motifs is 1. The van der Waals surface area contributed by atoms with E-state index in [1.807, 2.05) is 4.90 Å². The number of carbonyl (C=O) groups is 1. The number of amides is 1. The average Bonchev–Trinajstić information content (AvgIpc) is 2.48. The molecule has 0 saturated carbocycles. The Morgan fingerprint density at radius 1 is 1.10 bits per heavy atom. The van der Waals surface area contributed by atoms with E-state index in [1.165, 1.54) is 0 Å². The first-order chi connectivity index (χ1) is 9.66. The van der Waals surface area contributed by atoms with E-state index >= 15 is 0 Å². The number of halogens is 1. The first kappa shape index (κ1) is 13.5. The molecule has 2 aliphatic heterocycles. The molecule has 0 spiro atoms. The summed E-state index contributed by atoms with van der Waals surface area (Å²) in [6.07, 6.45) is 0. The maximum atomic E-state index is 12.6. The third-order valence-corrected chi connectivity index (χ3v) is 3.96. The first-order valence-corrected chi connectivity index (χ1v) is 7.10. The van der Waals surface area contributed by atoms with Crippen molar-refractivity contribution in [2.24, 2.45) is 0 Å². The number of ether oxygens (including phenoxy) is 2. The monoisotopic (exact) mass is 296 g/mol. The lowest BCUT2D eigenvalue weighted by Gasteiger charge is -2.33. The Morgan fingerprint density at radius 2 is 1.75 bits per heavy atom. The first-order valence-electron chi connectivity index (χ1n) is 6.73. The van der Waals surface area contributed by atoms with Gasteiger partial charge in [0.05, 0.1) is 10.6 Å². The molecule has 0 aliphatic carbocycles. The molecule has 5 nitrogen and oxygen atoms in total. The minimum Gasteiger partial charge on any atom is -0.485 e. The summed E-state index contributed by atoms with van der Waals surface area (Å²) in [5, 5.41) is 0.481. The predicted octanol–water partition coefficient (Wildman–Crippen LogP) is 1.50. The molecule has 3 rings (SSSR count). The molecule has 0 aromatic heterocycles. The molecule has 20 heavy (non-hydrogen) atoms. The minimum atomic E-state index is -0.0171. The van der Waals surface area contributed by atoms with Gasteiger partial charge < -0.3 is 19.3 Å². The normalized spacial score (nSPS) is 19.0. The van der Waals surface area contributed by atoms with Crippen LogP contribution in [-0.4, -0.2) is 62.1 Å². The molecule has 0 atom stereocenters. The molecule has 1 aromatic carbocycles. The molecular formula is C14H17ClN2O3. The molecule has 0 radical (unpaired) electrons. The maximum Gasteiger partial charge on any atom is 0.257 e. The van der Waals surface area contributed by atoms with E-state index < -0.39 is 0 Å². The summed E-state index contributed by atoms with van der Waals surface area (Å²) in [6.45, 7) is 4.13. The Labute approximate surface area is 123 Å². The van der Waals surface area contributed by atoms with Crippen LogP contribution in [0.5, 0.6) is 11.5 Å². The zero-order valence-electron chi connectivity index (χ0n) is 11.4. The fourth-order valence-electron chi connectivity index (χ4n) is 2.45. The Morgan fingerprint density at radius 3 is 2.45 bits per heavy atom. The van der Waals surface area contributed by atoms with E-state index in [0.717, 1.165) is 26.2 Å². The number of carbonyl (C=O) groups excluding carboxylic acids is 1. The molecule has 1 saturated heterocycles. The largest absolute Gasteiger partial charge is 0.485 e. The second-order valence-electron chi connectivity index (χ2n) is 5.05. The molecule has 108 valence electrons. The predicted molar refractivity (Wildman–Crippen MR) is 75.8 cm³/mol. The molecule has 2 heterocycles. The van der Waals surface area contributed by atoms with Crippen LogP contribution in [0.2, 0.25) is 5.02 Å². The number of piperazine rings is 1. The highest BCUT2D eigenvalue weighted by Gasteiger charge is 2.27. The van der Waals surface area contributed by atoms with Gasteiger partial charge in [-0.15, -0.1) is 0 Å². The van der Waals surface area contributed by atoms with Gasteiger partial charge in [0.15, 0.2) is 11.5 Å². The van der Waals surface area contributed by atoms with Crippen molar-refractivity contribution >= 4 is 17.5 Å². The van der Waals surface area contributed by atoms with Gasteiger partial charge in [0.2, 0.25) is 0 Å². The lowest BCUT2D eigenvalue weighted by atomic mass is 10.1. The molecule has 1 amide bonds. The van der Waals surface area contributed by atoms with E-state index in [9.17, 15) is 4.79 Å². The van der Waals surface area contributed by atoms with Crippen molar-refractivity contribution in [2.75, 3.05) is 46.4 Å². The summed E-state index contributed by atoms with van der Waals surface area (Å²) >= 11 is 6.09. The van der Waals surface area contributed by atoms with E-state index in [0.29, 0.717) is 35.3 Å². The van der Waals surface area contributed by atoms with Gasteiger partial charge in [0.1, 0.15) is 13.2 Å². The van der Waals surface area contributed by atoms with Crippen LogP contribution >= 0.6 is 11.6 Å². The maximum absolute atomic E-state index is 12.6. The van der Waals surface area contributed by atoms with E-state index in [-0.39, 0.29) is 5.91 Å². The van der Waals surface area contributed by atoms with Gasteiger partial charge in [-0.05, 0) is 19.2 Å². The Bertz CT molecular complexity index is 527. The number of nitrogens with zero attached hydrogens (tertiary/aromatic N) is 2. The van der Waals surface area contributed by atoms with Crippen LogP contribution in [0.25, 0.3) is 0 Å². The summed E-state index contributed by atoms with van der Waals surface area (Å²) in [5.74, 6) is 0.946. The number of rotatable bonds is 1. The highest BCUT2D eigenvalue weighted by Crippen LogP contribution is 2.40. The van der Waals surface area contributed by atoms with E-state index in [2.05, 4.69) is 11.9 Å². The molecule has 0 bridgehead atoms. The minimum absolute atomic E-state index is 0.0171. The fraction of sp³-hybridized carbons (Fsp3) is 0.500. The highest BCUT2D eigenvalue weighted by molar-refractivity contribution is 6.32. The highest BCUT2D eigenvalue weighted by atomic mass is 35.5. The van der Waals surface area contributed by atoms with E-state index in [4.69, 9.17) is 21.1 Å². The van der Waals surface area contributed by atoms with Gasteiger partial charge in [-0.25, -0.2) is 0 Å². The van der Waals surface area contributed by atoms with Crippen LogP contribution in [0.1, 0.15) is 10.4 Å². The van der Waals surface area contributed by atoms with Crippen molar-refractivity contribution in [3.8, 4) is 11.5 Å². The van der Waals surface area contributed by atoms with Crippen molar-refractivity contribution in [3.05, 3.63) is 22.7 Å². The zero-order valence-corrected chi connectivity index (χ0v) is 12.2. The van der Waals surface area contributed by atoms with Crippen molar-refractivity contribution in [2.45, 2.75) is 0 Å². The zero-order chi connectivity index (χ0) is 14.1. The Hall–Kier alpha value is -1.46. The van der Waals surface area contributed by atoms with Gasteiger partial charge in [-0.3, -0.25) is 4.79 Å². The Balaban J connectivity index is 1.88. The summed E-state index contributed by atoms with van der Waals surface area (Å²) < 4.78 is 11.1. The SMILES string of the molecule is CN1CCN(C(=O)c2ccc(Cl)c3c2OCCO3)CC1. The van der Waals surface area contributed by atoms with Gasteiger partial charge in [-0.1, -0.05) is 11.6 Å². The van der Waals surface area contributed by atoms with E-state index in [1.54, 1.807) is 12.1 Å². The van der Waals surface area contributed by atoms with Crippen LogP contribution in [0.15, 0.2) is 12.1 Å². The Kier molecular flexibility index (Phi) is 3.72. The molecule has 1 aromatic rings. The summed E-state index contributed by atoms with van der Waals surface area (Å²) in [7, 11) is 2.06. The number of benzene rings is 1. The third kappa shape index (κ3) is 2.43. The second kappa shape index (κ2) is 5.50. The summed E-state index contributed by atoms with van der Waals surface area (Å²) in [5.41, 5.74) is 0.536. The van der Waals surface area contributed by atoms with Gasteiger partial charge in [0.25, 0.3) is 5.91 Å². The second-order valence-corrected chi connectivity index (χ2v) is 5.45.